The lowest BCUT2D eigenvalue weighted by Crippen LogP contribution is -2.30. The molecule has 7 heteroatoms. The molecular formula is C21H22ClN5O. The zero-order valence-electron chi connectivity index (χ0n) is 15.2. The van der Waals surface area contributed by atoms with E-state index >= 15 is 0 Å². The molecule has 2 aromatic carbocycles. The van der Waals surface area contributed by atoms with Crippen LogP contribution in [-0.2, 0) is 0 Å². The number of allylic oxidation sites excluding steroid dienone is 1. The molecule has 3 rings (SSSR count). The number of aliphatic hydroxyl groups excluding tert-OH is 1. The summed E-state index contributed by atoms with van der Waals surface area (Å²) in [4.78, 5) is 4.37. The van der Waals surface area contributed by atoms with E-state index in [4.69, 9.17) is 22.1 Å². The highest BCUT2D eigenvalue weighted by molar-refractivity contribution is 6.38. The van der Waals surface area contributed by atoms with Gasteiger partial charge in [0.2, 0.25) is 0 Å². The number of nitrogens with zero attached hydrogens (tertiary/aromatic N) is 1. The first kappa shape index (κ1) is 19.8. The number of amidine groups is 1. The largest absolute Gasteiger partial charge is 0.395 e. The number of hydrogen-bond donors (Lipinski definition) is 5. The highest BCUT2D eigenvalue weighted by Gasteiger charge is 2.16. The molecule has 0 aromatic heterocycles. The number of halogens is 1. The predicted octanol–water partition coefficient (Wildman–Crippen LogP) is 3.38. The van der Waals surface area contributed by atoms with Crippen LogP contribution in [0.1, 0.15) is 0 Å². The van der Waals surface area contributed by atoms with Gasteiger partial charge in [0.1, 0.15) is 5.84 Å². The Bertz CT molecular complexity index is 922. The lowest BCUT2D eigenvalue weighted by atomic mass is 10.0. The minimum atomic E-state index is 0.0708. The van der Waals surface area contributed by atoms with E-state index in [9.17, 15) is 0 Å². The van der Waals surface area contributed by atoms with E-state index in [0.717, 1.165) is 11.1 Å². The normalized spacial score (nSPS) is 14.9. The summed E-state index contributed by atoms with van der Waals surface area (Å²) in [5.41, 5.74) is 3.62. The third-order valence-electron chi connectivity index (χ3n) is 4.09. The quantitative estimate of drug-likeness (QED) is 0.367. The van der Waals surface area contributed by atoms with Crippen LogP contribution in [0.5, 0.6) is 0 Å². The third-order valence-corrected chi connectivity index (χ3v) is 4.50. The van der Waals surface area contributed by atoms with E-state index in [0.29, 0.717) is 41.0 Å². The summed E-state index contributed by atoms with van der Waals surface area (Å²) in [5, 5.41) is 26.9. The van der Waals surface area contributed by atoms with Crippen LogP contribution in [0.15, 0.2) is 77.6 Å². The molecule has 1 aliphatic heterocycles. The summed E-state index contributed by atoms with van der Waals surface area (Å²) < 4.78 is 0. The Morgan fingerprint density at radius 3 is 2.71 bits per heavy atom. The number of benzene rings is 2. The lowest BCUT2D eigenvalue weighted by Gasteiger charge is -2.18. The van der Waals surface area contributed by atoms with Gasteiger partial charge in [-0.3, -0.25) is 5.32 Å². The van der Waals surface area contributed by atoms with Crippen LogP contribution in [0, 0.1) is 5.41 Å². The maximum atomic E-state index is 8.80. The van der Waals surface area contributed by atoms with Gasteiger partial charge in [-0.2, -0.15) is 0 Å². The molecule has 1 heterocycles. The van der Waals surface area contributed by atoms with Gasteiger partial charge in [0, 0.05) is 24.5 Å². The predicted molar refractivity (Wildman–Crippen MR) is 116 cm³/mol. The lowest BCUT2D eigenvalue weighted by molar-refractivity contribution is 0.292. The average molecular weight is 396 g/mol. The van der Waals surface area contributed by atoms with E-state index in [1.807, 2.05) is 48.5 Å². The molecule has 0 unspecified atom stereocenters. The molecule has 2 aromatic rings. The topological polar surface area (TPSA) is 92.5 Å². The maximum Gasteiger partial charge on any atom is 0.141 e. The number of aliphatic imine (C=N–C) groups is 1. The van der Waals surface area contributed by atoms with E-state index in [1.54, 1.807) is 18.5 Å². The fourth-order valence-electron chi connectivity index (χ4n) is 2.71. The van der Waals surface area contributed by atoms with E-state index in [-0.39, 0.29) is 6.61 Å². The molecule has 0 fully saturated rings. The van der Waals surface area contributed by atoms with Crippen molar-refractivity contribution < 1.29 is 5.11 Å². The molecule has 0 atom stereocenters. The first-order chi connectivity index (χ1) is 13.7. The molecule has 0 radical (unpaired) electrons. The van der Waals surface area contributed by atoms with Gasteiger partial charge in [-0.15, -0.1) is 0 Å². The second kappa shape index (κ2) is 9.85. The molecule has 144 valence electrons. The van der Waals surface area contributed by atoms with Gasteiger partial charge in [-0.05, 0) is 17.7 Å². The van der Waals surface area contributed by atoms with Crippen LogP contribution in [0.25, 0.3) is 11.1 Å². The minimum absolute atomic E-state index is 0.0708. The Kier molecular flexibility index (Phi) is 6.97. The van der Waals surface area contributed by atoms with Gasteiger partial charge in [-0.25, -0.2) is 4.99 Å². The molecule has 5 N–H and O–H groups in total. The first-order valence-electron chi connectivity index (χ1n) is 8.90. The Morgan fingerprint density at radius 1 is 1.11 bits per heavy atom. The summed E-state index contributed by atoms with van der Waals surface area (Å²) in [6, 6.07) is 15.7. The minimum Gasteiger partial charge on any atom is -0.395 e. The van der Waals surface area contributed by atoms with Crippen LogP contribution in [0.3, 0.4) is 0 Å². The molecule has 6 nitrogen and oxygen atoms in total. The van der Waals surface area contributed by atoms with E-state index in [1.165, 1.54) is 0 Å². The first-order valence-corrected chi connectivity index (χ1v) is 9.28. The number of rotatable bonds is 7. The van der Waals surface area contributed by atoms with Crippen LogP contribution in [0.2, 0.25) is 5.02 Å². The molecular weight excluding hydrogens is 374 g/mol. The Balaban J connectivity index is 1.81. The van der Waals surface area contributed by atoms with Gasteiger partial charge in [0.25, 0.3) is 0 Å². The number of anilines is 1. The van der Waals surface area contributed by atoms with Crippen molar-refractivity contribution in [1.29, 1.82) is 5.41 Å². The zero-order valence-corrected chi connectivity index (χ0v) is 16.0. The van der Waals surface area contributed by atoms with Gasteiger partial charge >= 0.3 is 0 Å². The summed E-state index contributed by atoms with van der Waals surface area (Å²) in [7, 11) is 0. The number of hydrogen-bond acceptors (Lipinski definition) is 6. The zero-order chi connectivity index (χ0) is 19.8. The van der Waals surface area contributed by atoms with Crippen molar-refractivity contribution in [3.63, 3.8) is 0 Å². The third kappa shape index (κ3) is 4.86. The Hall–Kier alpha value is -2.93. The highest BCUT2D eigenvalue weighted by atomic mass is 35.5. The fraction of sp³-hybridized carbons (Fsp3) is 0.143. The monoisotopic (exact) mass is 395 g/mol. The van der Waals surface area contributed by atoms with Crippen LogP contribution in [-0.4, -0.2) is 36.5 Å². The Labute approximate surface area is 169 Å². The molecule has 0 bridgehead atoms. The molecule has 0 amide bonds. The average Bonchev–Trinajstić information content (AvgIpc) is 2.72. The van der Waals surface area contributed by atoms with Crippen LogP contribution < -0.4 is 16.0 Å². The standard InChI is InChI=1S/C21H22ClN5O/c22-20-16(15-5-2-1-3-6-15)7-4-8-19(20)27-21-17(18(23)9-10-26-21)13-25-14-24-11-12-28/h1-10,13,23-25,28H,11-12,14H2,(H,26,27)/b17-13+,23-18?. The molecule has 1 aliphatic rings. The summed E-state index contributed by atoms with van der Waals surface area (Å²) >= 11 is 6.65. The summed E-state index contributed by atoms with van der Waals surface area (Å²) in [6.07, 6.45) is 4.93. The Morgan fingerprint density at radius 2 is 1.93 bits per heavy atom. The number of aliphatic hydroxyl groups is 1. The van der Waals surface area contributed by atoms with Crippen molar-refractivity contribution in [2.24, 2.45) is 4.99 Å². The van der Waals surface area contributed by atoms with Gasteiger partial charge in [0.15, 0.2) is 0 Å². The van der Waals surface area contributed by atoms with Crippen molar-refractivity contribution >= 4 is 28.8 Å². The van der Waals surface area contributed by atoms with Crippen molar-refractivity contribution in [2.75, 3.05) is 25.1 Å². The SMILES string of the molecule is N=C1C=CN=C(Nc2cccc(-c3ccccc3)c2Cl)/C1=C/NCNCCO. The molecule has 0 spiro atoms. The second-order valence-electron chi connectivity index (χ2n) is 6.03. The fourth-order valence-corrected chi connectivity index (χ4v) is 2.99. The van der Waals surface area contributed by atoms with Crippen LogP contribution in [0.4, 0.5) is 5.69 Å². The van der Waals surface area contributed by atoms with Crippen molar-refractivity contribution in [2.45, 2.75) is 0 Å². The smallest absolute Gasteiger partial charge is 0.141 e. The van der Waals surface area contributed by atoms with Crippen molar-refractivity contribution in [3.8, 4) is 11.1 Å². The molecule has 0 aliphatic carbocycles. The second-order valence-corrected chi connectivity index (χ2v) is 6.41. The summed E-state index contributed by atoms with van der Waals surface area (Å²) in [6.45, 7) is 1.04. The summed E-state index contributed by atoms with van der Waals surface area (Å²) in [5.74, 6) is 0.536. The van der Waals surface area contributed by atoms with Gasteiger partial charge < -0.3 is 21.1 Å². The van der Waals surface area contributed by atoms with E-state index < -0.39 is 0 Å². The van der Waals surface area contributed by atoms with Crippen molar-refractivity contribution in [1.82, 2.24) is 10.6 Å². The van der Waals surface area contributed by atoms with Gasteiger partial charge in [-0.1, -0.05) is 54.1 Å². The molecule has 0 saturated carbocycles. The maximum absolute atomic E-state index is 8.80. The molecule has 0 saturated heterocycles. The van der Waals surface area contributed by atoms with Crippen LogP contribution >= 0.6 is 11.6 Å². The molecule has 28 heavy (non-hydrogen) atoms. The number of nitrogens with one attached hydrogen (secondary N) is 4. The van der Waals surface area contributed by atoms with Crippen molar-refractivity contribution in [3.05, 3.63) is 77.6 Å². The van der Waals surface area contributed by atoms with E-state index in [2.05, 4.69) is 20.9 Å². The van der Waals surface area contributed by atoms with Gasteiger partial charge in [0.05, 0.1) is 35.3 Å². The highest BCUT2D eigenvalue weighted by Crippen LogP contribution is 2.34.